The van der Waals surface area contributed by atoms with Crippen LogP contribution in [0.4, 0.5) is 0 Å². The molecule has 2 aliphatic carbocycles. The first-order valence-electron chi connectivity index (χ1n) is 8.87. The Bertz CT molecular complexity index is 316. The van der Waals surface area contributed by atoms with E-state index in [0.29, 0.717) is 6.04 Å². The zero-order valence-electron chi connectivity index (χ0n) is 14.0. The topological polar surface area (TPSA) is 26.0 Å². The van der Waals surface area contributed by atoms with Gasteiger partial charge >= 0.3 is 0 Å². The van der Waals surface area contributed by atoms with Gasteiger partial charge in [-0.1, -0.05) is 33.8 Å². The predicted molar refractivity (Wildman–Crippen MR) is 88.4 cm³/mol. The molecule has 0 aromatic rings. The maximum atomic E-state index is 6.11. The summed E-state index contributed by atoms with van der Waals surface area (Å²) in [6.45, 7) is 13.6. The monoisotopic (exact) mass is 277 g/mol. The van der Waals surface area contributed by atoms with Crippen LogP contribution in [0, 0.1) is 41.4 Å². The third-order valence-electron chi connectivity index (χ3n) is 6.65. The molecule has 0 spiro atoms. The van der Waals surface area contributed by atoms with Crippen LogP contribution in [0.3, 0.4) is 0 Å². The van der Waals surface area contributed by atoms with E-state index in [1.165, 1.54) is 19.3 Å². The summed E-state index contributed by atoms with van der Waals surface area (Å²) in [5, 5.41) is 0. The maximum absolute atomic E-state index is 6.11. The lowest BCUT2D eigenvalue weighted by atomic mass is 9.72. The van der Waals surface area contributed by atoms with Crippen molar-refractivity contribution in [1.82, 2.24) is 0 Å². The average molecular weight is 277 g/mol. The van der Waals surface area contributed by atoms with Gasteiger partial charge in [-0.25, -0.2) is 0 Å². The molecule has 2 aliphatic rings. The van der Waals surface area contributed by atoms with Crippen LogP contribution < -0.4 is 5.73 Å². The van der Waals surface area contributed by atoms with E-state index < -0.39 is 0 Å². The van der Waals surface area contributed by atoms with Crippen LogP contribution in [0.1, 0.15) is 59.8 Å². The second-order valence-electron chi connectivity index (χ2n) is 7.75. The molecule has 0 aromatic carbocycles. The van der Waals surface area contributed by atoms with Gasteiger partial charge in [0.25, 0.3) is 0 Å². The Hall–Kier alpha value is -0.300. The first-order valence-corrected chi connectivity index (χ1v) is 8.87. The molecule has 0 amide bonds. The summed E-state index contributed by atoms with van der Waals surface area (Å²) in [6, 6.07) is 0.387. The van der Waals surface area contributed by atoms with Crippen LogP contribution in [-0.2, 0) is 0 Å². The van der Waals surface area contributed by atoms with Gasteiger partial charge in [0.15, 0.2) is 0 Å². The van der Waals surface area contributed by atoms with Crippen molar-refractivity contribution < 1.29 is 0 Å². The summed E-state index contributed by atoms with van der Waals surface area (Å²) < 4.78 is 0. The third kappa shape index (κ3) is 3.47. The van der Waals surface area contributed by atoms with Gasteiger partial charge in [0.1, 0.15) is 0 Å². The summed E-state index contributed by atoms with van der Waals surface area (Å²) in [4.78, 5) is 0. The van der Waals surface area contributed by atoms with E-state index in [0.717, 1.165) is 54.3 Å². The van der Waals surface area contributed by atoms with Gasteiger partial charge < -0.3 is 5.73 Å². The highest BCUT2D eigenvalue weighted by Gasteiger charge is 2.66. The van der Waals surface area contributed by atoms with Gasteiger partial charge in [-0.2, -0.15) is 0 Å². The molecule has 0 heterocycles. The highest BCUT2D eigenvalue weighted by Crippen LogP contribution is 2.72. The Morgan fingerprint density at radius 3 is 2.25 bits per heavy atom. The lowest BCUT2D eigenvalue weighted by molar-refractivity contribution is 0.161. The molecule has 0 bridgehead atoms. The Balaban J connectivity index is 1.83. The molecule has 2 fully saturated rings. The third-order valence-corrected chi connectivity index (χ3v) is 6.65. The summed E-state index contributed by atoms with van der Waals surface area (Å²) in [7, 11) is 0. The van der Waals surface area contributed by atoms with Crippen molar-refractivity contribution in [2.45, 2.75) is 65.8 Å². The first-order chi connectivity index (χ1) is 9.51. The van der Waals surface area contributed by atoms with Gasteiger partial charge in [0.05, 0.1) is 0 Å². The molecule has 0 aliphatic heterocycles. The minimum atomic E-state index is 0.387. The zero-order chi connectivity index (χ0) is 14.9. The van der Waals surface area contributed by atoms with E-state index in [2.05, 4.69) is 40.3 Å². The molecule has 2 saturated carbocycles. The van der Waals surface area contributed by atoms with Crippen molar-refractivity contribution in [1.29, 1.82) is 0 Å². The van der Waals surface area contributed by atoms with Crippen molar-refractivity contribution in [3.8, 4) is 0 Å². The minimum absolute atomic E-state index is 0.387. The van der Waals surface area contributed by atoms with Crippen LogP contribution in [0.5, 0.6) is 0 Å². The molecule has 20 heavy (non-hydrogen) atoms. The van der Waals surface area contributed by atoms with Crippen LogP contribution >= 0.6 is 0 Å². The molecule has 1 heteroatoms. The lowest BCUT2D eigenvalue weighted by Crippen LogP contribution is -2.28. The maximum Gasteiger partial charge on any atom is 0.00363 e. The fourth-order valence-electron chi connectivity index (χ4n) is 4.31. The molecule has 7 unspecified atom stereocenters. The molecular weight excluding hydrogens is 242 g/mol. The van der Waals surface area contributed by atoms with Crippen molar-refractivity contribution in [3.05, 3.63) is 12.7 Å². The summed E-state index contributed by atoms with van der Waals surface area (Å²) in [5.41, 5.74) is 6.11. The molecule has 0 saturated heterocycles. The van der Waals surface area contributed by atoms with Crippen LogP contribution in [0.15, 0.2) is 12.7 Å². The summed E-state index contributed by atoms with van der Waals surface area (Å²) >= 11 is 0. The summed E-state index contributed by atoms with van der Waals surface area (Å²) in [6.07, 6.45) is 8.37. The smallest absolute Gasteiger partial charge is 0.00363 e. The van der Waals surface area contributed by atoms with Gasteiger partial charge in [-0.15, -0.1) is 6.58 Å². The number of rotatable bonds is 10. The SMILES string of the molecule is C=CCC(CCC(N)CC)C(C)C(C)C(C)C1C2CC21. The second-order valence-corrected chi connectivity index (χ2v) is 7.75. The lowest BCUT2D eigenvalue weighted by Gasteiger charge is -2.34. The number of nitrogens with two attached hydrogens (primary N) is 1. The largest absolute Gasteiger partial charge is 0.328 e. The number of fused-ring (bicyclic) bond motifs is 1. The summed E-state index contributed by atoms with van der Waals surface area (Å²) in [5.74, 6) is 6.67. The normalized spacial score (nSPS) is 34.5. The molecule has 0 radical (unpaired) electrons. The van der Waals surface area contributed by atoms with Crippen LogP contribution in [0.2, 0.25) is 0 Å². The van der Waals surface area contributed by atoms with Gasteiger partial charge in [-0.3, -0.25) is 0 Å². The molecule has 2 N–H and O–H groups in total. The number of hydrogen-bond acceptors (Lipinski definition) is 1. The molecule has 116 valence electrons. The minimum Gasteiger partial charge on any atom is -0.328 e. The molecule has 1 nitrogen and oxygen atoms in total. The van der Waals surface area contributed by atoms with E-state index in [-0.39, 0.29) is 0 Å². The fourth-order valence-corrected chi connectivity index (χ4v) is 4.31. The highest BCUT2D eigenvalue weighted by molar-refractivity contribution is 5.14. The zero-order valence-corrected chi connectivity index (χ0v) is 14.0. The van der Waals surface area contributed by atoms with E-state index in [4.69, 9.17) is 5.73 Å². The van der Waals surface area contributed by atoms with Gasteiger partial charge in [0.2, 0.25) is 0 Å². The Morgan fingerprint density at radius 2 is 1.80 bits per heavy atom. The quantitative estimate of drug-likeness (QED) is 0.566. The second kappa shape index (κ2) is 6.64. The molecule has 7 atom stereocenters. The van der Waals surface area contributed by atoms with Crippen molar-refractivity contribution in [2.75, 3.05) is 0 Å². The van der Waals surface area contributed by atoms with Gasteiger partial charge in [-0.05, 0) is 73.5 Å². The first kappa shape index (κ1) is 16.1. The van der Waals surface area contributed by atoms with E-state index in [1.54, 1.807) is 0 Å². The number of allylic oxidation sites excluding steroid dienone is 1. The Kier molecular flexibility index (Phi) is 5.34. The van der Waals surface area contributed by atoms with Crippen LogP contribution in [0.25, 0.3) is 0 Å². The van der Waals surface area contributed by atoms with Crippen molar-refractivity contribution in [2.24, 2.45) is 47.2 Å². The highest BCUT2D eigenvalue weighted by atomic mass is 14.7. The Labute approximate surface area is 126 Å². The molecular formula is C19H35N. The van der Waals surface area contributed by atoms with Gasteiger partial charge in [0, 0.05) is 6.04 Å². The molecule has 0 aromatic heterocycles. The van der Waals surface area contributed by atoms with Crippen molar-refractivity contribution in [3.63, 3.8) is 0 Å². The predicted octanol–water partition coefficient (Wildman–Crippen LogP) is 4.87. The molecule has 2 rings (SSSR count). The fraction of sp³-hybridized carbons (Fsp3) is 0.895. The number of hydrogen-bond donors (Lipinski definition) is 1. The standard InChI is InChI=1S/C19H35N/c1-6-8-15(9-10-16(20)7-2)13(4)12(3)14(5)19-17-11-18(17)19/h6,12-19H,1,7-11,20H2,2-5H3. The van der Waals surface area contributed by atoms with E-state index in [9.17, 15) is 0 Å². The van der Waals surface area contributed by atoms with Crippen molar-refractivity contribution >= 4 is 0 Å². The van der Waals surface area contributed by atoms with E-state index >= 15 is 0 Å². The average Bonchev–Trinajstić information content (AvgIpc) is 3.32. The Morgan fingerprint density at radius 1 is 1.15 bits per heavy atom. The van der Waals surface area contributed by atoms with Crippen LogP contribution in [-0.4, -0.2) is 6.04 Å². The van der Waals surface area contributed by atoms with E-state index in [1.807, 2.05) is 0 Å².